The Bertz CT molecular complexity index is 916. The Labute approximate surface area is 162 Å². The van der Waals surface area contributed by atoms with Gasteiger partial charge in [-0.3, -0.25) is 0 Å². The van der Waals surface area contributed by atoms with Crippen LogP contribution in [-0.4, -0.2) is 48.6 Å². The van der Waals surface area contributed by atoms with E-state index in [1.165, 1.54) is 11.8 Å². The number of para-hydroxylation sites is 1. The fourth-order valence-corrected chi connectivity index (χ4v) is 2.84. The van der Waals surface area contributed by atoms with E-state index in [-0.39, 0.29) is 0 Å². The summed E-state index contributed by atoms with van der Waals surface area (Å²) in [5.41, 5.74) is 1.68. The van der Waals surface area contributed by atoms with E-state index >= 15 is 0 Å². The van der Waals surface area contributed by atoms with E-state index < -0.39 is 0 Å². The minimum absolute atomic E-state index is 0.485. The standard InChI is InChI=1S/C19H20N4O3S/c1-24-15-10-13(11-16(25-2)17(15)26-3)12-20-18-21-19(27-4)22-23(18)14-8-6-5-7-9-14/h5-12H,1-4H3/b20-12-. The zero-order valence-electron chi connectivity index (χ0n) is 15.5. The van der Waals surface area contributed by atoms with Gasteiger partial charge in [0.05, 0.1) is 27.0 Å². The third-order valence-electron chi connectivity index (χ3n) is 3.77. The van der Waals surface area contributed by atoms with Gasteiger partial charge in [0.2, 0.25) is 10.9 Å². The summed E-state index contributed by atoms with van der Waals surface area (Å²) in [5.74, 6) is 2.15. The van der Waals surface area contributed by atoms with E-state index in [0.29, 0.717) is 28.4 Å². The molecule has 0 bridgehead atoms. The van der Waals surface area contributed by atoms with Gasteiger partial charge in [0.25, 0.3) is 5.95 Å². The monoisotopic (exact) mass is 384 g/mol. The van der Waals surface area contributed by atoms with Gasteiger partial charge in [-0.2, -0.15) is 9.67 Å². The molecule has 7 nitrogen and oxygen atoms in total. The predicted octanol–water partition coefficient (Wildman–Crippen LogP) is 3.77. The molecule has 8 heteroatoms. The van der Waals surface area contributed by atoms with Crippen molar-refractivity contribution in [3.8, 4) is 22.9 Å². The largest absolute Gasteiger partial charge is 0.493 e. The SMILES string of the molecule is COc1cc(/C=N\c2nc(SC)nn2-c2ccccc2)cc(OC)c1OC. The second-order valence-electron chi connectivity index (χ2n) is 5.36. The quantitative estimate of drug-likeness (QED) is 0.456. The molecule has 0 N–H and O–H groups in total. The Morgan fingerprint density at radius 2 is 1.67 bits per heavy atom. The van der Waals surface area contributed by atoms with Crippen molar-refractivity contribution in [1.82, 2.24) is 14.8 Å². The van der Waals surface area contributed by atoms with Crippen LogP contribution >= 0.6 is 11.8 Å². The van der Waals surface area contributed by atoms with Gasteiger partial charge >= 0.3 is 0 Å². The number of thioether (sulfide) groups is 1. The molecule has 27 heavy (non-hydrogen) atoms. The smallest absolute Gasteiger partial charge is 0.253 e. The molecule has 140 valence electrons. The highest BCUT2D eigenvalue weighted by Crippen LogP contribution is 2.37. The number of methoxy groups -OCH3 is 3. The summed E-state index contributed by atoms with van der Waals surface area (Å²) in [7, 11) is 4.73. The summed E-state index contributed by atoms with van der Waals surface area (Å²) >= 11 is 1.46. The number of aliphatic imine (C=N–C) groups is 1. The molecule has 0 aliphatic rings. The molecule has 0 spiro atoms. The number of benzene rings is 2. The number of hydrogen-bond acceptors (Lipinski definition) is 7. The van der Waals surface area contributed by atoms with Crippen molar-refractivity contribution in [1.29, 1.82) is 0 Å². The van der Waals surface area contributed by atoms with E-state index in [9.17, 15) is 0 Å². The zero-order chi connectivity index (χ0) is 19.2. The highest BCUT2D eigenvalue weighted by atomic mass is 32.2. The summed E-state index contributed by atoms with van der Waals surface area (Å²) in [6.45, 7) is 0. The minimum Gasteiger partial charge on any atom is -0.493 e. The van der Waals surface area contributed by atoms with Crippen LogP contribution in [0.1, 0.15) is 5.56 Å². The second-order valence-corrected chi connectivity index (χ2v) is 6.14. The van der Waals surface area contributed by atoms with Crippen LogP contribution in [0.25, 0.3) is 5.69 Å². The molecule has 1 aromatic heterocycles. The number of nitrogens with zero attached hydrogens (tertiary/aromatic N) is 4. The lowest BCUT2D eigenvalue weighted by atomic mass is 10.2. The van der Waals surface area contributed by atoms with Crippen molar-refractivity contribution in [2.75, 3.05) is 27.6 Å². The van der Waals surface area contributed by atoms with Crippen molar-refractivity contribution in [2.24, 2.45) is 4.99 Å². The fourth-order valence-electron chi connectivity index (χ4n) is 2.51. The first-order valence-electron chi connectivity index (χ1n) is 8.10. The Kier molecular flexibility index (Phi) is 5.97. The average Bonchev–Trinajstić information content (AvgIpc) is 3.15. The predicted molar refractivity (Wildman–Crippen MR) is 106 cm³/mol. The van der Waals surface area contributed by atoms with Crippen molar-refractivity contribution in [3.05, 3.63) is 48.0 Å². The molecule has 3 aromatic rings. The molecular formula is C19H20N4O3S. The minimum atomic E-state index is 0.485. The molecule has 0 unspecified atom stereocenters. The summed E-state index contributed by atoms with van der Waals surface area (Å²) in [6.07, 6.45) is 3.62. The molecule has 1 heterocycles. The highest BCUT2D eigenvalue weighted by molar-refractivity contribution is 7.98. The molecule has 0 fully saturated rings. The molecular weight excluding hydrogens is 364 g/mol. The van der Waals surface area contributed by atoms with Crippen molar-refractivity contribution in [3.63, 3.8) is 0 Å². The van der Waals surface area contributed by atoms with Gasteiger partial charge in [-0.25, -0.2) is 4.99 Å². The molecule has 0 saturated carbocycles. The van der Waals surface area contributed by atoms with Gasteiger partial charge in [-0.15, -0.1) is 5.10 Å². The Morgan fingerprint density at radius 3 is 2.22 bits per heavy atom. The molecule has 2 aromatic carbocycles. The number of aromatic nitrogens is 3. The Balaban J connectivity index is 2.00. The Hall–Kier alpha value is -3.00. The van der Waals surface area contributed by atoms with Crippen LogP contribution in [0.15, 0.2) is 52.6 Å². The lowest BCUT2D eigenvalue weighted by Crippen LogP contribution is -1.97. The van der Waals surface area contributed by atoms with E-state index in [2.05, 4.69) is 15.1 Å². The Morgan fingerprint density at radius 1 is 1.00 bits per heavy atom. The normalized spacial score (nSPS) is 11.0. The van der Waals surface area contributed by atoms with E-state index in [1.807, 2.05) is 48.7 Å². The first-order chi connectivity index (χ1) is 13.2. The molecule has 0 saturated heterocycles. The lowest BCUT2D eigenvalue weighted by Gasteiger charge is -2.12. The molecule has 0 amide bonds. The molecule has 0 aliphatic carbocycles. The average molecular weight is 384 g/mol. The second kappa shape index (κ2) is 8.59. The van der Waals surface area contributed by atoms with Crippen LogP contribution in [-0.2, 0) is 0 Å². The number of ether oxygens (including phenoxy) is 3. The van der Waals surface area contributed by atoms with Gasteiger partial charge in [-0.05, 0) is 30.5 Å². The van der Waals surface area contributed by atoms with E-state index in [4.69, 9.17) is 14.2 Å². The van der Waals surface area contributed by atoms with Gasteiger partial charge < -0.3 is 14.2 Å². The summed E-state index contributed by atoms with van der Waals surface area (Å²) < 4.78 is 17.8. The fraction of sp³-hybridized carbons (Fsp3) is 0.211. The van der Waals surface area contributed by atoms with Crippen molar-refractivity contribution < 1.29 is 14.2 Å². The van der Waals surface area contributed by atoms with Gasteiger partial charge in [-0.1, -0.05) is 30.0 Å². The highest BCUT2D eigenvalue weighted by Gasteiger charge is 2.13. The van der Waals surface area contributed by atoms with Crippen molar-refractivity contribution >= 4 is 23.9 Å². The summed E-state index contributed by atoms with van der Waals surface area (Å²) in [5, 5.41) is 5.14. The van der Waals surface area contributed by atoms with Gasteiger partial charge in [0, 0.05) is 11.8 Å². The van der Waals surface area contributed by atoms with E-state index in [0.717, 1.165) is 11.3 Å². The maximum atomic E-state index is 5.38. The van der Waals surface area contributed by atoms with Crippen LogP contribution in [0.4, 0.5) is 5.95 Å². The van der Waals surface area contributed by atoms with Crippen LogP contribution in [0.2, 0.25) is 0 Å². The molecule has 0 radical (unpaired) electrons. The number of hydrogen-bond donors (Lipinski definition) is 0. The summed E-state index contributed by atoms with van der Waals surface area (Å²) in [6, 6.07) is 13.4. The van der Waals surface area contributed by atoms with Crippen molar-refractivity contribution in [2.45, 2.75) is 5.16 Å². The molecule has 0 atom stereocenters. The third-order valence-corrected chi connectivity index (χ3v) is 4.31. The maximum Gasteiger partial charge on any atom is 0.253 e. The first kappa shape index (κ1) is 18.8. The first-order valence-corrected chi connectivity index (χ1v) is 9.33. The lowest BCUT2D eigenvalue weighted by molar-refractivity contribution is 0.324. The maximum absolute atomic E-state index is 5.38. The van der Waals surface area contributed by atoms with Crippen LogP contribution in [0.5, 0.6) is 17.2 Å². The zero-order valence-corrected chi connectivity index (χ0v) is 16.4. The van der Waals surface area contributed by atoms with Gasteiger partial charge in [0.15, 0.2) is 11.5 Å². The third kappa shape index (κ3) is 4.06. The van der Waals surface area contributed by atoms with Crippen LogP contribution in [0, 0.1) is 0 Å². The van der Waals surface area contributed by atoms with Gasteiger partial charge in [0.1, 0.15) is 0 Å². The topological polar surface area (TPSA) is 70.8 Å². The molecule has 0 aliphatic heterocycles. The summed E-state index contributed by atoms with van der Waals surface area (Å²) in [4.78, 5) is 9.00. The number of rotatable bonds is 7. The van der Waals surface area contributed by atoms with Crippen LogP contribution < -0.4 is 14.2 Å². The van der Waals surface area contributed by atoms with Crippen LogP contribution in [0.3, 0.4) is 0 Å². The van der Waals surface area contributed by atoms with E-state index in [1.54, 1.807) is 32.2 Å². The molecule has 3 rings (SSSR count).